The van der Waals surface area contributed by atoms with E-state index in [1.807, 2.05) is 0 Å². The SMILES string of the molecule is O=S(=O)(Cl)c1ccc2c(-c3ccc(C(F)(F)F)cc3)cc3nnnn3c2c1. The molecule has 11 heteroatoms. The van der Waals surface area contributed by atoms with Gasteiger partial charge in [-0.15, -0.1) is 5.10 Å². The van der Waals surface area contributed by atoms with Crippen LogP contribution in [0.25, 0.3) is 27.7 Å². The maximum Gasteiger partial charge on any atom is 0.416 e. The lowest BCUT2D eigenvalue weighted by molar-refractivity contribution is -0.137. The van der Waals surface area contributed by atoms with Gasteiger partial charge in [0.2, 0.25) is 0 Å². The summed E-state index contributed by atoms with van der Waals surface area (Å²) in [4.78, 5) is -0.141. The second-order valence-corrected chi connectivity index (χ2v) is 8.26. The molecule has 0 N–H and O–H groups in total. The van der Waals surface area contributed by atoms with Crippen LogP contribution in [-0.2, 0) is 15.2 Å². The Bertz CT molecular complexity index is 1290. The summed E-state index contributed by atoms with van der Waals surface area (Å²) in [5.74, 6) is 0. The maximum atomic E-state index is 12.8. The number of fused-ring (bicyclic) bond motifs is 3. The van der Waals surface area contributed by atoms with Gasteiger partial charge in [-0.1, -0.05) is 18.2 Å². The minimum Gasteiger partial charge on any atom is -0.207 e. The molecule has 0 fully saturated rings. The van der Waals surface area contributed by atoms with Gasteiger partial charge in [-0.3, -0.25) is 0 Å². The fourth-order valence-electron chi connectivity index (χ4n) is 2.81. The molecule has 0 spiro atoms. The summed E-state index contributed by atoms with van der Waals surface area (Å²) in [5, 5.41) is 11.8. The average Bonchev–Trinajstić information content (AvgIpc) is 3.08. The van der Waals surface area contributed by atoms with Gasteiger partial charge in [0.05, 0.1) is 16.0 Å². The summed E-state index contributed by atoms with van der Waals surface area (Å²) >= 11 is 0. The standard InChI is InChI=1S/C16H8ClF3N4O2S/c17-27(25,26)11-5-6-12-13(8-15-21-22-23-24(15)14(12)7-11)9-1-3-10(4-2-9)16(18,19)20/h1-8H. The number of rotatable bonds is 2. The molecule has 4 aromatic rings. The van der Waals surface area contributed by atoms with Crippen LogP contribution in [0.1, 0.15) is 5.56 Å². The summed E-state index contributed by atoms with van der Waals surface area (Å²) in [7, 11) is 1.43. The van der Waals surface area contributed by atoms with Crippen molar-refractivity contribution in [2.75, 3.05) is 0 Å². The van der Waals surface area contributed by atoms with E-state index >= 15 is 0 Å². The normalized spacial score (nSPS) is 12.7. The number of aromatic nitrogens is 4. The van der Waals surface area contributed by atoms with Gasteiger partial charge in [0.15, 0.2) is 5.65 Å². The smallest absolute Gasteiger partial charge is 0.207 e. The molecule has 0 unspecified atom stereocenters. The van der Waals surface area contributed by atoms with Crippen molar-refractivity contribution in [3.05, 3.63) is 54.1 Å². The highest BCUT2D eigenvalue weighted by atomic mass is 35.7. The molecule has 0 amide bonds. The number of halogens is 4. The van der Waals surface area contributed by atoms with Crippen molar-refractivity contribution in [1.82, 2.24) is 20.0 Å². The van der Waals surface area contributed by atoms with Crippen LogP contribution in [0.5, 0.6) is 0 Å². The zero-order valence-electron chi connectivity index (χ0n) is 13.1. The second kappa shape index (κ2) is 5.89. The lowest BCUT2D eigenvalue weighted by atomic mass is 10.00. The van der Waals surface area contributed by atoms with Gasteiger partial charge in [-0.05, 0) is 51.9 Å². The largest absolute Gasteiger partial charge is 0.416 e. The molecule has 4 rings (SSSR count). The highest BCUT2D eigenvalue weighted by Crippen LogP contribution is 2.34. The number of benzene rings is 2. The Hall–Kier alpha value is -2.72. The second-order valence-electron chi connectivity index (χ2n) is 5.70. The van der Waals surface area contributed by atoms with E-state index in [0.29, 0.717) is 27.7 Å². The van der Waals surface area contributed by atoms with Crippen molar-refractivity contribution in [2.24, 2.45) is 0 Å². The van der Waals surface area contributed by atoms with Crippen LogP contribution in [0.4, 0.5) is 13.2 Å². The molecule has 0 bridgehead atoms. The highest BCUT2D eigenvalue weighted by Gasteiger charge is 2.30. The lowest BCUT2D eigenvalue weighted by Gasteiger charge is -2.11. The Morgan fingerprint density at radius 1 is 1.00 bits per heavy atom. The lowest BCUT2D eigenvalue weighted by Crippen LogP contribution is -2.04. The Morgan fingerprint density at radius 2 is 1.70 bits per heavy atom. The first kappa shape index (κ1) is 17.7. The molecular formula is C16H8ClF3N4O2S. The van der Waals surface area contributed by atoms with Gasteiger partial charge in [-0.25, -0.2) is 8.42 Å². The molecular weight excluding hydrogens is 405 g/mol. The third kappa shape index (κ3) is 3.10. The summed E-state index contributed by atoms with van der Waals surface area (Å²) in [6, 6.07) is 10.4. The topological polar surface area (TPSA) is 77.2 Å². The third-order valence-corrected chi connectivity index (χ3v) is 5.41. The molecule has 0 aliphatic carbocycles. The predicted octanol–water partition coefficient (Wildman–Crippen LogP) is 3.89. The van der Waals surface area contributed by atoms with E-state index in [1.165, 1.54) is 34.8 Å². The Labute approximate surface area is 154 Å². The molecule has 2 aromatic carbocycles. The summed E-state index contributed by atoms with van der Waals surface area (Å²) in [5.41, 5.74) is 0.950. The molecule has 0 aliphatic rings. The molecule has 0 atom stereocenters. The quantitative estimate of drug-likeness (QED) is 0.467. The minimum absolute atomic E-state index is 0.141. The van der Waals surface area contributed by atoms with E-state index in [0.717, 1.165) is 12.1 Å². The van der Waals surface area contributed by atoms with Gasteiger partial charge in [-0.2, -0.15) is 17.7 Å². The fourth-order valence-corrected chi connectivity index (χ4v) is 3.58. The van der Waals surface area contributed by atoms with E-state index in [1.54, 1.807) is 6.07 Å². The van der Waals surface area contributed by atoms with Crippen LogP contribution in [0.2, 0.25) is 0 Å². The number of hydrogen-bond acceptors (Lipinski definition) is 5. The number of tetrazole rings is 1. The van der Waals surface area contributed by atoms with Crippen LogP contribution >= 0.6 is 10.7 Å². The van der Waals surface area contributed by atoms with Crippen LogP contribution in [0.3, 0.4) is 0 Å². The minimum atomic E-state index is -4.44. The number of hydrogen-bond donors (Lipinski definition) is 0. The van der Waals surface area contributed by atoms with Crippen molar-refractivity contribution in [1.29, 1.82) is 0 Å². The maximum absolute atomic E-state index is 12.8. The summed E-state index contributed by atoms with van der Waals surface area (Å²) in [6.07, 6.45) is -4.44. The first-order chi connectivity index (χ1) is 12.6. The van der Waals surface area contributed by atoms with Crippen molar-refractivity contribution < 1.29 is 21.6 Å². The van der Waals surface area contributed by atoms with E-state index in [4.69, 9.17) is 10.7 Å². The van der Waals surface area contributed by atoms with Crippen molar-refractivity contribution in [3.63, 3.8) is 0 Å². The molecule has 0 radical (unpaired) electrons. The fraction of sp³-hybridized carbons (Fsp3) is 0.0625. The predicted molar refractivity (Wildman–Crippen MR) is 91.8 cm³/mol. The van der Waals surface area contributed by atoms with Gasteiger partial charge < -0.3 is 0 Å². The Morgan fingerprint density at radius 3 is 2.33 bits per heavy atom. The van der Waals surface area contributed by atoms with Crippen LogP contribution in [-0.4, -0.2) is 28.5 Å². The Kier molecular flexibility index (Phi) is 3.86. The van der Waals surface area contributed by atoms with E-state index in [-0.39, 0.29) is 4.90 Å². The van der Waals surface area contributed by atoms with E-state index in [9.17, 15) is 21.6 Å². The number of alkyl halides is 3. The van der Waals surface area contributed by atoms with Crippen LogP contribution in [0.15, 0.2) is 53.4 Å². The zero-order chi connectivity index (χ0) is 19.4. The summed E-state index contributed by atoms with van der Waals surface area (Å²) in [6.45, 7) is 0. The van der Waals surface area contributed by atoms with Gasteiger partial charge in [0, 0.05) is 16.1 Å². The van der Waals surface area contributed by atoms with Crippen LogP contribution in [0, 0.1) is 0 Å². The Balaban J connectivity index is 2.00. The summed E-state index contributed by atoms with van der Waals surface area (Å²) < 4.78 is 63.0. The highest BCUT2D eigenvalue weighted by molar-refractivity contribution is 8.13. The van der Waals surface area contributed by atoms with Gasteiger partial charge in [0.1, 0.15) is 0 Å². The van der Waals surface area contributed by atoms with Crippen molar-refractivity contribution >= 4 is 36.3 Å². The number of pyridine rings is 1. The van der Waals surface area contributed by atoms with Crippen molar-refractivity contribution in [2.45, 2.75) is 11.1 Å². The molecule has 6 nitrogen and oxygen atoms in total. The molecule has 138 valence electrons. The monoisotopic (exact) mass is 412 g/mol. The average molecular weight is 413 g/mol. The van der Waals surface area contributed by atoms with Crippen molar-refractivity contribution in [3.8, 4) is 11.1 Å². The van der Waals surface area contributed by atoms with Gasteiger partial charge >= 0.3 is 6.18 Å². The molecule has 2 aromatic heterocycles. The molecule has 2 heterocycles. The first-order valence-corrected chi connectivity index (χ1v) is 9.73. The van der Waals surface area contributed by atoms with E-state index in [2.05, 4.69) is 15.5 Å². The zero-order valence-corrected chi connectivity index (χ0v) is 14.7. The molecule has 0 saturated heterocycles. The third-order valence-electron chi connectivity index (χ3n) is 4.06. The van der Waals surface area contributed by atoms with Crippen LogP contribution < -0.4 is 0 Å². The molecule has 0 saturated carbocycles. The molecule has 27 heavy (non-hydrogen) atoms. The van der Waals surface area contributed by atoms with Gasteiger partial charge in [0.25, 0.3) is 9.05 Å². The van der Waals surface area contributed by atoms with E-state index < -0.39 is 20.8 Å². The first-order valence-electron chi connectivity index (χ1n) is 7.42. The molecule has 0 aliphatic heterocycles. The number of nitrogens with zero attached hydrogens (tertiary/aromatic N) is 4.